The lowest BCUT2D eigenvalue weighted by molar-refractivity contribution is -0.105. The summed E-state index contributed by atoms with van der Waals surface area (Å²) in [6, 6.07) is 0. The summed E-state index contributed by atoms with van der Waals surface area (Å²) in [5.41, 5.74) is 0. The van der Waals surface area contributed by atoms with Crippen LogP contribution in [0, 0.1) is 0 Å². The standard InChI is InChI=1S/C11H24F6N5O4P5/c1-9(2)24-29(15)19-27(12,8-7-23)18-28(13,14)20-30(16,25-10(3)4)22-31(17,21-29)26-11(5)6/h7,9-11H,8H2,1-6H3. The highest BCUT2D eigenvalue weighted by Crippen LogP contribution is 2.82. The summed E-state index contributed by atoms with van der Waals surface area (Å²) in [7, 11) is -28.1. The highest BCUT2D eigenvalue weighted by molar-refractivity contribution is 7.79. The summed E-state index contributed by atoms with van der Waals surface area (Å²) < 4.78 is 119. The summed E-state index contributed by atoms with van der Waals surface area (Å²) in [6.07, 6.45) is -4.83. The van der Waals surface area contributed by atoms with Crippen molar-refractivity contribution in [3.63, 3.8) is 0 Å². The third-order valence-electron chi connectivity index (χ3n) is 2.49. The number of carbonyl (C=O) groups is 1. The van der Waals surface area contributed by atoms with Gasteiger partial charge in [0.05, 0.1) is 24.5 Å². The van der Waals surface area contributed by atoms with Crippen LogP contribution in [0.4, 0.5) is 25.2 Å². The molecule has 0 aliphatic carbocycles. The second-order valence-corrected chi connectivity index (χ2v) is 16.4. The first-order valence-corrected chi connectivity index (χ1v) is 16.4. The number of hydrogen-bond acceptors (Lipinski definition) is 9. The van der Waals surface area contributed by atoms with E-state index in [1.54, 1.807) is 0 Å². The molecule has 0 aromatic rings. The number of rotatable bonds is 8. The molecular weight excluding hydrogens is 535 g/mol. The monoisotopic (exact) mass is 559 g/mol. The Hall–Kier alpha value is 0.280. The summed E-state index contributed by atoms with van der Waals surface area (Å²) in [5, 5.41) is 0. The Labute approximate surface area is 177 Å². The molecule has 0 aromatic heterocycles. The van der Waals surface area contributed by atoms with E-state index in [-0.39, 0.29) is 6.29 Å². The number of aldehydes is 1. The average Bonchev–Trinajstić information content (AvgIpc) is 2.38. The second kappa shape index (κ2) is 10.7. The largest absolute Gasteiger partial charge is 0.423 e. The molecule has 0 spiro atoms. The lowest BCUT2D eigenvalue weighted by Crippen LogP contribution is -2.01. The van der Waals surface area contributed by atoms with Gasteiger partial charge in [0.25, 0.3) is 7.52 Å². The van der Waals surface area contributed by atoms with Gasteiger partial charge < -0.3 is 18.4 Å². The van der Waals surface area contributed by atoms with Crippen LogP contribution in [-0.4, -0.2) is 30.8 Å². The smallest absolute Gasteiger partial charge is 0.303 e. The van der Waals surface area contributed by atoms with Crippen molar-refractivity contribution in [2.75, 3.05) is 6.16 Å². The third-order valence-corrected chi connectivity index (χ3v) is 14.4. The Morgan fingerprint density at radius 1 is 0.645 bits per heavy atom. The summed E-state index contributed by atoms with van der Waals surface area (Å²) in [4.78, 5) is 10.8. The van der Waals surface area contributed by atoms with Crippen LogP contribution >= 0.6 is 38.6 Å². The minimum absolute atomic E-state index is 0.165. The van der Waals surface area contributed by atoms with Crippen molar-refractivity contribution in [1.82, 2.24) is 0 Å². The Kier molecular flexibility index (Phi) is 10.1. The van der Waals surface area contributed by atoms with Crippen LogP contribution in [0.1, 0.15) is 41.5 Å². The van der Waals surface area contributed by atoms with Crippen LogP contribution in [0.15, 0.2) is 22.6 Å². The quantitative estimate of drug-likeness (QED) is 0.168. The van der Waals surface area contributed by atoms with E-state index < -0.39 is 63.0 Å². The van der Waals surface area contributed by atoms with Gasteiger partial charge in [0.1, 0.15) is 6.29 Å². The molecule has 1 aliphatic rings. The van der Waals surface area contributed by atoms with Crippen LogP contribution < -0.4 is 0 Å². The summed E-state index contributed by atoms with van der Waals surface area (Å²) in [5.74, 6) is 0. The molecule has 4 unspecified atom stereocenters. The molecule has 1 rings (SSSR count). The van der Waals surface area contributed by atoms with Crippen molar-refractivity contribution in [3.05, 3.63) is 0 Å². The number of carbonyl (C=O) groups excluding carboxylic acids is 1. The molecule has 0 amide bonds. The fourth-order valence-electron chi connectivity index (χ4n) is 1.93. The fraction of sp³-hybridized carbons (Fsp3) is 0.909. The first-order valence-electron chi connectivity index (χ1n) is 8.69. The van der Waals surface area contributed by atoms with E-state index in [0.717, 1.165) is 0 Å². The average molecular weight is 559 g/mol. The zero-order valence-electron chi connectivity index (χ0n) is 17.4. The van der Waals surface area contributed by atoms with E-state index in [0.29, 0.717) is 0 Å². The van der Waals surface area contributed by atoms with Gasteiger partial charge in [-0.05, 0) is 41.5 Å². The van der Waals surface area contributed by atoms with Crippen LogP contribution in [0.3, 0.4) is 0 Å². The summed E-state index contributed by atoms with van der Waals surface area (Å²) >= 11 is 0. The van der Waals surface area contributed by atoms with Gasteiger partial charge in [-0.15, -0.1) is 21.9 Å². The Bertz CT molecular complexity index is 964. The first-order chi connectivity index (χ1) is 13.8. The normalized spacial score (nSPS) is 36.1. The SMILES string of the molecule is CC(C)OP1(F)=NP(F)(CC=O)=NP(F)(F)=NP(F)(OC(C)C)=NP(F)(OC(C)C)=N1. The molecule has 184 valence electrons. The molecule has 1 aliphatic heterocycles. The van der Waals surface area contributed by atoms with E-state index in [4.69, 9.17) is 9.05 Å². The van der Waals surface area contributed by atoms with E-state index in [2.05, 4.69) is 27.1 Å². The maximum atomic E-state index is 15.6. The van der Waals surface area contributed by atoms with Gasteiger partial charge in [-0.3, -0.25) is 0 Å². The first kappa shape index (κ1) is 29.3. The Morgan fingerprint density at radius 3 is 1.35 bits per heavy atom. The van der Waals surface area contributed by atoms with Gasteiger partial charge in [0, 0.05) is 0 Å². The van der Waals surface area contributed by atoms with Gasteiger partial charge in [-0.25, -0.2) is 0 Å². The van der Waals surface area contributed by atoms with Crippen molar-refractivity contribution in [2.45, 2.75) is 59.9 Å². The fourth-order valence-corrected chi connectivity index (χ4v) is 13.6. The molecule has 0 radical (unpaired) electrons. The zero-order valence-corrected chi connectivity index (χ0v) is 21.9. The number of nitrogens with zero attached hydrogens (tertiary/aromatic N) is 5. The highest BCUT2D eigenvalue weighted by atomic mass is 31.3. The molecule has 1 heterocycles. The number of halogens is 6. The van der Waals surface area contributed by atoms with Crippen molar-refractivity contribution in [1.29, 1.82) is 0 Å². The minimum Gasteiger partial charge on any atom is -0.303 e. The maximum Gasteiger partial charge on any atom is 0.423 e. The predicted octanol–water partition coefficient (Wildman–Crippen LogP) is 10.1. The molecule has 0 bridgehead atoms. The van der Waals surface area contributed by atoms with Crippen LogP contribution in [0.5, 0.6) is 0 Å². The molecule has 20 heteroatoms. The van der Waals surface area contributed by atoms with Crippen LogP contribution in [0.25, 0.3) is 0 Å². The van der Waals surface area contributed by atoms with Crippen molar-refractivity contribution in [2.24, 2.45) is 22.6 Å². The van der Waals surface area contributed by atoms with Crippen molar-refractivity contribution in [3.8, 4) is 0 Å². The van der Waals surface area contributed by atoms with Crippen molar-refractivity contribution >= 4 is 44.9 Å². The van der Waals surface area contributed by atoms with Crippen LogP contribution in [0.2, 0.25) is 0 Å². The highest BCUT2D eigenvalue weighted by Gasteiger charge is 2.41. The van der Waals surface area contributed by atoms with E-state index in [9.17, 15) is 13.2 Å². The molecule has 0 N–H and O–H groups in total. The van der Waals surface area contributed by atoms with Gasteiger partial charge >= 0.3 is 31.1 Å². The van der Waals surface area contributed by atoms with E-state index in [1.807, 2.05) is 0 Å². The van der Waals surface area contributed by atoms with E-state index in [1.165, 1.54) is 41.5 Å². The molecule has 0 saturated carbocycles. The Morgan fingerprint density at radius 2 is 1.00 bits per heavy atom. The molecule has 4 atom stereocenters. The second-order valence-electron chi connectivity index (χ2n) is 6.78. The minimum atomic E-state index is -6.29. The van der Waals surface area contributed by atoms with Crippen molar-refractivity contribution < 1.29 is 43.5 Å². The number of hydrogen-bond donors (Lipinski definition) is 0. The Balaban J connectivity index is 4.25. The molecule has 0 fully saturated rings. The molecule has 0 saturated heterocycles. The predicted molar refractivity (Wildman–Crippen MR) is 113 cm³/mol. The van der Waals surface area contributed by atoms with Crippen LogP contribution in [-0.2, 0) is 18.4 Å². The maximum absolute atomic E-state index is 15.6. The van der Waals surface area contributed by atoms with Gasteiger partial charge in [-0.1, -0.05) is 0 Å². The molecular formula is C11H24F6N5O4P5. The lowest BCUT2D eigenvalue weighted by Gasteiger charge is -2.23. The van der Waals surface area contributed by atoms with Gasteiger partial charge in [0.15, 0.2) is 0 Å². The van der Waals surface area contributed by atoms with E-state index >= 15 is 16.8 Å². The summed E-state index contributed by atoms with van der Waals surface area (Å²) in [6.45, 7) is 7.48. The van der Waals surface area contributed by atoms with Gasteiger partial charge in [0.2, 0.25) is 0 Å². The molecule has 0 aromatic carbocycles. The third kappa shape index (κ3) is 9.97. The molecule has 9 nitrogen and oxygen atoms in total. The van der Waals surface area contributed by atoms with Gasteiger partial charge in [-0.2, -0.15) is 25.8 Å². The molecule has 31 heavy (non-hydrogen) atoms. The topological polar surface area (TPSA) is 107 Å². The zero-order chi connectivity index (χ0) is 24.3. The lowest BCUT2D eigenvalue weighted by atomic mass is 10.5.